The van der Waals surface area contributed by atoms with Crippen molar-refractivity contribution in [3.8, 4) is 0 Å². The average Bonchev–Trinajstić information content (AvgIpc) is 2.71. The lowest BCUT2D eigenvalue weighted by Crippen LogP contribution is -2.14. The van der Waals surface area contributed by atoms with Gasteiger partial charge in [0.1, 0.15) is 18.0 Å². The molecule has 0 amide bonds. The van der Waals surface area contributed by atoms with Gasteiger partial charge in [0.2, 0.25) is 0 Å². The minimum absolute atomic E-state index is 0.0638. The molecule has 4 heteroatoms. The third-order valence-electron chi connectivity index (χ3n) is 2.93. The maximum Gasteiger partial charge on any atom is 0.316 e. The Labute approximate surface area is 123 Å². The van der Waals surface area contributed by atoms with Crippen LogP contribution < -0.4 is 0 Å². The fraction of sp³-hybridized carbons (Fsp3) is 0.438. The summed E-state index contributed by atoms with van der Waals surface area (Å²) in [5, 5.41) is 1.07. The molecule has 0 unspecified atom stereocenters. The van der Waals surface area contributed by atoms with E-state index in [-0.39, 0.29) is 17.3 Å². The van der Waals surface area contributed by atoms with Crippen molar-refractivity contribution in [3.05, 3.63) is 35.6 Å². The van der Waals surface area contributed by atoms with Crippen molar-refractivity contribution in [2.45, 2.75) is 39.0 Å². The molecule has 1 heterocycles. The summed E-state index contributed by atoms with van der Waals surface area (Å²) in [6.45, 7) is 8.42. The van der Waals surface area contributed by atoms with E-state index in [4.69, 9.17) is 9.15 Å². The Morgan fingerprint density at radius 3 is 2.65 bits per heavy atom. The van der Waals surface area contributed by atoms with Crippen LogP contribution in [0.15, 0.2) is 28.7 Å². The van der Waals surface area contributed by atoms with Gasteiger partial charge in [-0.05, 0) is 13.0 Å². The fourth-order valence-electron chi connectivity index (χ4n) is 1.83. The maximum atomic E-state index is 11.7. The van der Waals surface area contributed by atoms with E-state index in [1.54, 1.807) is 11.8 Å². The molecule has 20 heavy (non-hydrogen) atoms. The number of aryl methyl sites for hydroxylation is 1. The predicted molar refractivity (Wildman–Crippen MR) is 83.0 cm³/mol. The second kappa shape index (κ2) is 5.92. The van der Waals surface area contributed by atoms with Crippen LogP contribution in [-0.4, -0.2) is 16.5 Å². The quantitative estimate of drug-likeness (QED) is 0.787. The van der Waals surface area contributed by atoms with Gasteiger partial charge in [-0.1, -0.05) is 39.0 Å². The highest BCUT2D eigenvalue weighted by Gasteiger charge is 2.16. The fourth-order valence-corrected chi connectivity index (χ4v) is 2.46. The summed E-state index contributed by atoms with van der Waals surface area (Å²) < 4.78 is 11.1. The Bertz CT molecular complexity index is 608. The van der Waals surface area contributed by atoms with E-state index in [9.17, 15) is 4.79 Å². The number of carbonyl (C=O) groups excluding carboxylic acids is 1. The molecule has 1 aromatic carbocycles. The van der Waals surface area contributed by atoms with Crippen molar-refractivity contribution in [2.75, 3.05) is 5.75 Å². The van der Waals surface area contributed by atoms with Gasteiger partial charge in [0.15, 0.2) is 0 Å². The largest absolute Gasteiger partial charge is 0.457 e. The van der Waals surface area contributed by atoms with E-state index in [1.807, 2.05) is 31.2 Å². The first kappa shape index (κ1) is 15.0. The Morgan fingerprint density at radius 2 is 2.00 bits per heavy atom. The van der Waals surface area contributed by atoms with Crippen molar-refractivity contribution in [1.29, 1.82) is 0 Å². The van der Waals surface area contributed by atoms with Crippen LogP contribution in [0.2, 0.25) is 0 Å². The summed E-state index contributed by atoms with van der Waals surface area (Å²) in [4.78, 5) is 11.7. The second-order valence-corrected chi connectivity index (χ2v) is 7.51. The zero-order valence-corrected chi connectivity index (χ0v) is 13.2. The lowest BCUT2D eigenvalue weighted by molar-refractivity contribution is -0.142. The normalized spacial score (nSPS) is 11.8. The van der Waals surface area contributed by atoms with Crippen molar-refractivity contribution in [3.63, 3.8) is 0 Å². The molecule has 0 aliphatic rings. The number of thioether (sulfide) groups is 1. The molecular weight excluding hydrogens is 272 g/mol. The van der Waals surface area contributed by atoms with E-state index >= 15 is 0 Å². The third-order valence-corrected chi connectivity index (χ3v) is 4.18. The van der Waals surface area contributed by atoms with Crippen LogP contribution in [0, 0.1) is 6.92 Å². The maximum absolute atomic E-state index is 11.7. The molecule has 0 fully saturated rings. The number of furan rings is 1. The smallest absolute Gasteiger partial charge is 0.316 e. The molecule has 0 saturated heterocycles. The summed E-state index contributed by atoms with van der Waals surface area (Å²) >= 11 is 1.58. The lowest BCUT2D eigenvalue weighted by Gasteiger charge is -2.16. The zero-order valence-electron chi connectivity index (χ0n) is 12.4. The van der Waals surface area contributed by atoms with Crippen LogP contribution in [0.4, 0.5) is 0 Å². The van der Waals surface area contributed by atoms with Gasteiger partial charge < -0.3 is 9.15 Å². The van der Waals surface area contributed by atoms with Gasteiger partial charge in [-0.3, -0.25) is 4.79 Å². The molecule has 0 N–H and O–H groups in total. The summed E-state index contributed by atoms with van der Waals surface area (Å²) in [7, 11) is 0. The van der Waals surface area contributed by atoms with E-state index in [0.717, 1.165) is 22.3 Å². The molecule has 0 radical (unpaired) electrons. The Balaban J connectivity index is 1.96. The molecule has 2 rings (SSSR count). The van der Waals surface area contributed by atoms with Gasteiger partial charge >= 0.3 is 5.97 Å². The minimum atomic E-state index is -0.204. The summed E-state index contributed by atoms with van der Waals surface area (Å²) in [6.07, 6.45) is 0. The van der Waals surface area contributed by atoms with Gasteiger partial charge in [-0.15, -0.1) is 11.8 Å². The van der Waals surface area contributed by atoms with Crippen molar-refractivity contribution < 1.29 is 13.9 Å². The summed E-state index contributed by atoms with van der Waals surface area (Å²) in [5.74, 6) is 0.882. The topological polar surface area (TPSA) is 39.4 Å². The molecular formula is C16H20O3S. The van der Waals surface area contributed by atoms with Crippen LogP contribution in [0.5, 0.6) is 0 Å². The molecule has 0 aliphatic carbocycles. The van der Waals surface area contributed by atoms with Crippen molar-refractivity contribution >= 4 is 28.7 Å². The highest BCUT2D eigenvalue weighted by atomic mass is 32.2. The van der Waals surface area contributed by atoms with Crippen molar-refractivity contribution in [1.82, 2.24) is 0 Å². The van der Waals surface area contributed by atoms with Gasteiger partial charge in [-0.25, -0.2) is 0 Å². The summed E-state index contributed by atoms with van der Waals surface area (Å²) in [5.41, 5.74) is 1.87. The molecule has 0 saturated carbocycles. The van der Waals surface area contributed by atoms with E-state index in [2.05, 4.69) is 20.8 Å². The average molecular weight is 292 g/mol. The van der Waals surface area contributed by atoms with Crippen LogP contribution in [0.3, 0.4) is 0 Å². The first-order valence-corrected chi connectivity index (χ1v) is 7.62. The van der Waals surface area contributed by atoms with E-state index < -0.39 is 0 Å². The third kappa shape index (κ3) is 3.79. The zero-order chi connectivity index (χ0) is 14.8. The highest BCUT2D eigenvalue weighted by molar-refractivity contribution is 8.01. The Kier molecular flexibility index (Phi) is 4.43. The van der Waals surface area contributed by atoms with Gasteiger partial charge in [0.05, 0.1) is 5.75 Å². The SMILES string of the molecule is Cc1c(COC(=O)CSC(C)(C)C)oc2ccccc12. The Morgan fingerprint density at radius 1 is 1.30 bits per heavy atom. The number of fused-ring (bicyclic) bond motifs is 1. The van der Waals surface area contributed by atoms with Gasteiger partial charge in [0.25, 0.3) is 0 Å². The molecule has 108 valence electrons. The minimum Gasteiger partial charge on any atom is -0.457 e. The lowest BCUT2D eigenvalue weighted by atomic mass is 10.1. The highest BCUT2D eigenvalue weighted by Crippen LogP contribution is 2.26. The van der Waals surface area contributed by atoms with Gasteiger partial charge in [-0.2, -0.15) is 0 Å². The first-order chi connectivity index (χ1) is 9.37. The number of benzene rings is 1. The Hall–Kier alpha value is -1.42. The van der Waals surface area contributed by atoms with E-state index in [0.29, 0.717) is 5.75 Å². The molecule has 2 aromatic rings. The van der Waals surface area contributed by atoms with Crippen LogP contribution >= 0.6 is 11.8 Å². The molecule has 0 aliphatic heterocycles. The second-order valence-electron chi connectivity index (χ2n) is 5.71. The molecule has 0 atom stereocenters. The van der Waals surface area contributed by atoms with E-state index in [1.165, 1.54) is 0 Å². The number of rotatable bonds is 4. The van der Waals surface area contributed by atoms with Gasteiger partial charge in [0, 0.05) is 15.7 Å². The first-order valence-electron chi connectivity index (χ1n) is 6.63. The van der Waals surface area contributed by atoms with Crippen molar-refractivity contribution in [2.24, 2.45) is 0 Å². The van der Waals surface area contributed by atoms with Crippen LogP contribution in [0.1, 0.15) is 32.1 Å². The standard InChI is InChI=1S/C16H20O3S/c1-11-12-7-5-6-8-13(12)19-14(11)9-18-15(17)10-20-16(2,3)4/h5-8H,9-10H2,1-4H3. The molecule has 3 nitrogen and oxygen atoms in total. The number of hydrogen-bond acceptors (Lipinski definition) is 4. The number of hydrogen-bond donors (Lipinski definition) is 0. The van der Waals surface area contributed by atoms with Crippen LogP contribution in [0.25, 0.3) is 11.0 Å². The summed E-state index contributed by atoms with van der Waals surface area (Å²) in [6, 6.07) is 7.83. The predicted octanol–water partition coefficient (Wildman–Crippen LogP) is 4.32. The number of carbonyl (C=O) groups is 1. The number of esters is 1. The molecule has 0 spiro atoms. The monoisotopic (exact) mass is 292 g/mol. The van der Waals surface area contributed by atoms with Crippen LogP contribution in [-0.2, 0) is 16.1 Å². The number of para-hydroxylation sites is 1. The molecule has 0 bridgehead atoms. The molecule has 1 aromatic heterocycles. The number of ether oxygens (including phenoxy) is 1.